The maximum absolute atomic E-state index is 14.1. The second kappa shape index (κ2) is 8.76. The summed E-state index contributed by atoms with van der Waals surface area (Å²) < 4.78 is 25.7. The van der Waals surface area contributed by atoms with Crippen molar-refractivity contribution in [2.75, 3.05) is 6.61 Å². The second-order valence-corrected chi connectivity index (χ2v) is 7.93. The van der Waals surface area contributed by atoms with E-state index in [2.05, 4.69) is 19.9 Å². The first-order chi connectivity index (χ1) is 13.3. The molecule has 0 aliphatic carbocycles. The normalized spacial score (nSPS) is 11.5. The lowest BCUT2D eigenvalue weighted by Gasteiger charge is -2.26. The van der Waals surface area contributed by atoms with E-state index in [1.807, 2.05) is 37.3 Å². The number of halogens is 2. The van der Waals surface area contributed by atoms with Gasteiger partial charge in [0.25, 0.3) is 0 Å². The molecule has 0 spiro atoms. The lowest BCUT2D eigenvalue weighted by molar-refractivity contribution is 0.0823. The van der Waals surface area contributed by atoms with Crippen LogP contribution in [0.5, 0.6) is 11.5 Å². The number of para-hydroxylation sites is 1. The molecule has 0 aromatic heterocycles. The summed E-state index contributed by atoms with van der Waals surface area (Å²) in [5.74, 6) is 0.392. The number of hydrogen-bond acceptors (Lipinski definition) is 2. The van der Waals surface area contributed by atoms with Crippen molar-refractivity contribution in [3.8, 4) is 11.5 Å². The Hall–Kier alpha value is -2.36. The molecule has 0 amide bonds. The number of rotatable bonds is 7. The summed E-state index contributed by atoms with van der Waals surface area (Å²) in [7, 11) is 0. The maximum atomic E-state index is 14.1. The second-order valence-electron chi connectivity index (χ2n) is 7.52. The Labute approximate surface area is 170 Å². The molecule has 0 N–H and O–H groups in total. The first-order valence-corrected chi connectivity index (χ1v) is 9.59. The summed E-state index contributed by atoms with van der Waals surface area (Å²) in [6, 6.07) is 20.0. The minimum atomic E-state index is -0.399. The van der Waals surface area contributed by atoms with E-state index in [1.165, 1.54) is 11.6 Å². The Bertz CT molecular complexity index is 939. The van der Waals surface area contributed by atoms with Gasteiger partial charge in [-0.15, -0.1) is 0 Å². The van der Waals surface area contributed by atoms with Gasteiger partial charge in [-0.1, -0.05) is 61.8 Å². The van der Waals surface area contributed by atoms with Gasteiger partial charge < -0.3 is 9.47 Å². The van der Waals surface area contributed by atoms with Crippen molar-refractivity contribution in [3.63, 3.8) is 0 Å². The van der Waals surface area contributed by atoms with Gasteiger partial charge in [0.2, 0.25) is 0 Å². The van der Waals surface area contributed by atoms with Crippen LogP contribution in [0, 0.1) is 12.7 Å². The Kier molecular flexibility index (Phi) is 6.38. The molecule has 4 heteroatoms. The van der Waals surface area contributed by atoms with E-state index in [0.29, 0.717) is 19.0 Å². The van der Waals surface area contributed by atoms with E-state index in [4.69, 9.17) is 21.1 Å². The highest BCUT2D eigenvalue weighted by Gasteiger charge is 2.21. The average molecular weight is 399 g/mol. The Balaban J connectivity index is 1.64. The van der Waals surface area contributed by atoms with E-state index >= 15 is 0 Å². The van der Waals surface area contributed by atoms with Gasteiger partial charge in [0.1, 0.15) is 5.75 Å². The molecule has 3 aromatic carbocycles. The van der Waals surface area contributed by atoms with E-state index in [0.717, 1.165) is 16.1 Å². The molecular weight excluding hydrogens is 375 g/mol. The highest BCUT2D eigenvalue weighted by atomic mass is 35.5. The van der Waals surface area contributed by atoms with Crippen LogP contribution in [-0.2, 0) is 16.8 Å². The molecule has 3 rings (SSSR count). The first kappa shape index (κ1) is 20.4. The predicted molar refractivity (Wildman–Crippen MR) is 112 cm³/mol. The van der Waals surface area contributed by atoms with Crippen molar-refractivity contribution in [3.05, 3.63) is 94.3 Å². The van der Waals surface area contributed by atoms with Gasteiger partial charge in [-0.25, -0.2) is 4.39 Å². The Morgan fingerprint density at radius 1 is 0.964 bits per heavy atom. The molecule has 146 valence electrons. The van der Waals surface area contributed by atoms with Gasteiger partial charge in [-0.3, -0.25) is 0 Å². The molecule has 0 saturated heterocycles. The SMILES string of the molecule is Cc1cc(C(C)(C)COCc2ccc(F)c(Oc3ccccc3)c2)ccc1Cl. The Morgan fingerprint density at radius 3 is 2.43 bits per heavy atom. The third kappa shape index (κ3) is 5.12. The lowest BCUT2D eigenvalue weighted by Crippen LogP contribution is -2.24. The van der Waals surface area contributed by atoms with Gasteiger partial charge in [0.05, 0.1) is 13.2 Å². The molecular formula is C24H24ClFO2. The van der Waals surface area contributed by atoms with Gasteiger partial charge in [-0.05, 0) is 53.9 Å². The minimum absolute atomic E-state index is 0.168. The average Bonchev–Trinajstić information content (AvgIpc) is 2.67. The standard InChI is InChI=1S/C24H24ClFO2/c1-17-13-19(10-11-21(17)25)24(2,3)16-27-15-18-9-12-22(26)23(14-18)28-20-7-5-4-6-8-20/h4-14H,15-16H2,1-3H3. The molecule has 0 atom stereocenters. The van der Waals surface area contributed by atoms with E-state index < -0.39 is 5.82 Å². The van der Waals surface area contributed by atoms with Crippen molar-refractivity contribution in [2.24, 2.45) is 0 Å². The number of ether oxygens (including phenoxy) is 2. The first-order valence-electron chi connectivity index (χ1n) is 9.21. The van der Waals surface area contributed by atoms with Crippen molar-refractivity contribution >= 4 is 11.6 Å². The highest BCUT2D eigenvalue weighted by Crippen LogP contribution is 2.29. The van der Waals surface area contributed by atoms with Gasteiger partial charge in [0, 0.05) is 10.4 Å². The summed E-state index contributed by atoms with van der Waals surface area (Å²) in [6.45, 7) is 7.16. The van der Waals surface area contributed by atoms with E-state index in [9.17, 15) is 4.39 Å². The van der Waals surface area contributed by atoms with Crippen LogP contribution in [0.2, 0.25) is 5.02 Å². The molecule has 0 unspecified atom stereocenters. The van der Waals surface area contributed by atoms with Crippen LogP contribution in [0.4, 0.5) is 4.39 Å². The van der Waals surface area contributed by atoms with Crippen LogP contribution in [-0.4, -0.2) is 6.61 Å². The summed E-state index contributed by atoms with van der Waals surface area (Å²) in [5.41, 5.74) is 2.91. The summed E-state index contributed by atoms with van der Waals surface area (Å²) in [4.78, 5) is 0. The van der Waals surface area contributed by atoms with Crippen molar-refractivity contribution in [1.82, 2.24) is 0 Å². The van der Waals surface area contributed by atoms with Crippen LogP contribution in [0.15, 0.2) is 66.7 Å². The predicted octanol–water partition coefficient (Wildman–Crippen LogP) is 7.07. The van der Waals surface area contributed by atoms with Crippen LogP contribution in [0.25, 0.3) is 0 Å². The number of aryl methyl sites for hydroxylation is 1. The third-order valence-electron chi connectivity index (χ3n) is 4.64. The van der Waals surface area contributed by atoms with Gasteiger partial charge in [0.15, 0.2) is 11.6 Å². The van der Waals surface area contributed by atoms with E-state index in [1.54, 1.807) is 24.3 Å². The topological polar surface area (TPSA) is 18.5 Å². The smallest absolute Gasteiger partial charge is 0.165 e. The molecule has 0 heterocycles. The summed E-state index contributed by atoms with van der Waals surface area (Å²) in [5, 5.41) is 0.762. The highest BCUT2D eigenvalue weighted by molar-refractivity contribution is 6.31. The molecule has 0 aliphatic heterocycles. The van der Waals surface area contributed by atoms with Crippen molar-refractivity contribution in [2.45, 2.75) is 32.8 Å². The van der Waals surface area contributed by atoms with Crippen LogP contribution >= 0.6 is 11.6 Å². The van der Waals surface area contributed by atoms with Crippen molar-refractivity contribution in [1.29, 1.82) is 0 Å². The number of benzene rings is 3. The zero-order chi connectivity index (χ0) is 20.1. The zero-order valence-corrected chi connectivity index (χ0v) is 17.1. The van der Waals surface area contributed by atoms with Crippen LogP contribution in [0.1, 0.15) is 30.5 Å². The molecule has 0 bridgehead atoms. The van der Waals surface area contributed by atoms with Gasteiger partial charge >= 0.3 is 0 Å². The molecule has 0 aliphatic rings. The minimum Gasteiger partial charge on any atom is -0.454 e. The van der Waals surface area contributed by atoms with Crippen molar-refractivity contribution < 1.29 is 13.9 Å². The molecule has 28 heavy (non-hydrogen) atoms. The van der Waals surface area contributed by atoms with Crippen LogP contribution in [0.3, 0.4) is 0 Å². The molecule has 0 saturated carbocycles. The zero-order valence-electron chi connectivity index (χ0n) is 16.3. The third-order valence-corrected chi connectivity index (χ3v) is 5.06. The lowest BCUT2D eigenvalue weighted by atomic mass is 9.85. The van der Waals surface area contributed by atoms with Gasteiger partial charge in [-0.2, -0.15) is 0 Å². The molecule has 0 fully saturated rings. The quantitative estimate of drug-likeness (QED) is 0.423. The molecule has 0 radical (unpaired) electrons. The summed E-state index contributed by atoms with van der Waals surface area (Å²) in [6.07, 6.45) is 0. The van der Waals surface area contributed by atoms with E-state index in [-0.39, 0.29) is 11.2 Å². The fourth-order valence-corrected chi connectivity index (χ4v) is 3.02. The van der Waals surface area contributed by atoms with Crippen LogP contribution < -0.4 is 4.74 Å². The monoisotopic (exact) mass is 398 g/mol. The maximum Gasteiger partial charge on any atom is 0.165 e. The molecule has 3 aromatic rings. The fourth-order valence-electron chi connectivity index (χ4n) is 2.90. The molecule has 2 nitrogen and oxygen atoms in total. The fraction of sp³-hybridized carbons (Fsp3) is 0.250. The Morgan fingerprint density at radius 2 is 1.71 bits per heavy atom. The largest absolute Gasteiger partial charge is 0.454 e. The summed E-state index contributed by atoms with van der Waals surface area (Å²) >= 11 is 6.13. The number of hydrogen-bond donors (Lipinski definition) is 0.